The Morgan fingerprint density at radius 1 is 0.500 bits per heavy atom. The quantitative estimate of drug-likeness (QED) is 0.0243. The van der Waals surface area contributed by atoms with Crippen LogP contribution >= 0.6 is 7.82 Å². The summed E-state index contributed by atoms with van der Waals surface area (Å²) in [5.41, 5.74) is 0. The van der Waals surface area contributed by atoms with E-state index in [1.165, 1.54) is 212 Å². The third-order valence-electron chi connectivity index (χ3n) is 13.8. The number of aliphatic hydroxyl groups is 1. The summed E-state index contributed by atoms with van der Waals surface area (Å²) in [6.07, 6.45) is 74.1. The van der Waals surface area contributed by atoms with Gasteiger partial charge in [-0.3, -0.25) is 13.8 Å². The molecule has 0 heterocycles. The summed E-state index contributed by atoms with van der Waals surface area (Å²) >= 11 is 0. The van der Waals surface area contributed by atoms with Crippen molar-refractivity contribution in [2.75, 3.05) is 40.9 Å². The Morgan fingerprint density at radius 3 is 1.26 bits per heavy atom. The van der Waals surface area contributed by atoms with Gasteiger partial charge >= 0.3 is 7.82 Å². The van der Waals surface area contributed by atoms with Crippen LogP contribution in [0.15, 0.2) is 60.8 Å². The summed E-state index contributed by atoms with van der Waals surface area (Å²) in [5, 5.41) is 13.8. The van der Waals surface area contributed by atoms with Crippen LogP contribution in [-0.4, -0.2) is 73.4 Å². The Labute approximate surface area is 447 Å². The molecule has 72 heavy (non-hydrogen) atoms. The molecule has 0 fully saturated rings. The summed E-state index contributed by atoms with van der Waals surface area (Å²) < 4.78 is 23.5. The number of aliphatic hydroxyl groups excluding tert-OH is 1. The topological polar surface area (TPSA) is 105 Å². The van der Waals surface area contributed by atoms with Crippen LogP contribution in [0.1, 0.15) is 284 Å². The molecule has 9 heteroatoms. The molecule has 0 saturated heterocycles. The Bertz CT molecular complexity index is 1360. The van der Waals surface area contributed by atoms with Crippen LogP contribution in [-0.2, 0) is 18.4 Å². The molecule has 0 aromatic rings. The first-order valence-electron chi connectivity index (χ1n) is 30.6. The molecule has 0 aromatic carbocycles. The fourth-order valence-electron chi connectivity index (χ4n) is 9.00. The second kappa shape index (κ2) is 54.0. The van der Waals surface area contributed by atoms with E-state index in [2.05, 4.69) is 60.8 Å². The number of hydrogen-bond acceptors (Lipinski definition) is 5. The lowest BCUT2D eigenvalue weighted by Gasteiger charge is -2.25. The highest BCUT2D eigenvalue weighted by molar-refractivity contribution is 7.47. The van der Waals surface area contributed by atoms with E-state index in [0.717, 1.165) is 51.4 Å². The van der Waals surface area contributed by atoms with Gasteiger partial charge in [0, 0.05) is 6.42 Å². The first-order valence-corrected chi connectivity index (χ1v) is 32.1. The fourth-order valence-corrected chi connectivity index (χ4v) is 9.73. The van der Waals surface area contributed by atoms with Gasteiger partial charge in [-0.2, -0.15) is 0 Å². The average molecular weight is 1030 g/mol. The van der Waals surface area contributed by atoms with Crippen LogP contribution in [0.4, 0.5) is 0 Å². The number of carbonyl (C=O) groups excluding carboxylic acids is 1. The number of carbonyl (C=O) groups is 1. The number of allylic oxidation sites excluding steroid dienone is 9. The maximum absolute atomic E-state index is 12.9. The largest absolute Gasteiger partial charge is 0.472 e. The number of unbranched alkanes of at least 4 members (excludes halogenated alkanes) is 36. The average Bonchev–Trinajstić information content (AvgIpc) is 3.34. The lowest BCUT2D eigenvalue weighted by atomic mass is 10.0. The Morgan fingerprint density at radius 2 is 0.861 bits per heavy atom. The zero-order valence-corrected chi connectivity index (χ0v) is 49.1. The number of nitrogens with zero attached hydrogens (tertiary/aromatic N) is 1. The summed E-state index contributed by atoms with van der Waals surface area (Å²) in [6, 6.07) is -0.867. The predicted molar refractivity (Wildman–Crippen MR) is 314 cm³/mol. The number of nitrogens with one attached hydrogen (secondary N) is 1. The zero-order valence-electron chi connectivity index (χ0n) is 48.2. The molecule has 0 radical (unpaired) electrons. The molecule has 3 unspecified atom stereocenters. The second-order valence-corrected chi connectivity index (χ2v) is 23.5. The molecule has 1 amide bonds. The molecule has 0 aromatic heterocycles. The summed E-state index contributed by atoms with van der Waals surface area (Å²) in [5.74, 6) is -0.191. The van der Waals surface area contributed by atoms with Crippen molar-refractivity contribution in [1.29, 1.82) is 0 Å². The molecule has 0 bridgehead atoms. The first-order chi connectivity index (χ1) is 35.0. The third kappa shape index (κ3) is 55.9. The number of phosphoric acid groups is 1. The minimum atomic E-state index is -4.35. The molecule has 0 aliphatic heterocycles. The maximum Gasteiger partial charge on any atom is 0.472 e. The van der Waals surface area contributed by atoms with Crippen molar-refractivity contribution in [2.45, 2.75) is 296 Å². The van der Waals surface area contributed by atoms with Crippen LogP contribution in [0.5, 0.6) is 0 Å². The van der Waals surface area contributed by atoms with Crippen molar-refractivity contribution < 1.29 is 32.9 Å². The van der Waals surface area contributed by atoms with Crippen molar-refractivity contribution in [2.24, 2.45) is 0 Å². The second-order valence-electron chi connectivity index (χ2n) is 22.1. The van der Waals surface area contributed by atoms with Gasteiger partial charge in [-0.05, 0) is 71.1 Å². The fraction of sp³-hybridized carbons (Fsp3) is 0.825. The highest BCUT2D eigenvalue weighted by Crippen LogP contribution is 2.43. The molecule has 0 aliphatic carbocycles. The molecule has 8 nitrogen and oxygen atoms in total. The Hall–Kier alpha value is -1.80. The van der Waals surface area contributed by atoms with Gasteiger partial charge in [-0.15, -0.1) is 0 Å². The van der Waals surface area contributed by atoms with Crippen molar-refractivity contribution >= 4 is 13.7 Å². The van der Waals surface area contributed by atoms with Crippen molar-refractivity contribution in [1.82, 2.24) is 5.32 Å². The number of phosphoric ester groups is 1. The molecule has 0 saturated carbocycles. The van der Waals surface area contributed by atoms with E-state index in [4.69, 9.17) is 9.05 Å². The van der Waals surface area contributed by atoms with E-state index in [0.29, 0.717) is 17.4 Å². The third-order valence-corrected chi connectivity index (χ3v) is 14.8. The van der Waals surface area contributed by atoms with E-state index in [1.807, 2.05) is 34.1 Å². The normalized spacial score (nSPS) is 14.3. The number of likely N-dealkylation sites (N-methyl/N-ethyl adjacent to an activating group) is 1. The standard InChI is InChI=1S/C63H119N2O6P/c1-6-8-10-12-14-16-17-18-19-20-21-22-23-24-25-26-27-28-29-30-31-32-33-34-35-36-37-38-39-40-41-42-43-44-45-46-47-49-51-53-55-57-63(67)64-61(60-71-72(68,69)70-59-58-65(3,4)5)62(66)56-54-52-50-48-15-13-11-9-7-2/h7,9,15,17-18,20-21,48,54,56,61-62,66H,6,8,10-14,16,19,22-47,49-53,55,57-60H2,1-5H3,(H-,64,67,68,69)/p+1/b9-7+,18-17-,21-20-,48-15+,56-54+. The molecule has 0 aliphatic rings. The molecule has 3 N–H and O–H groups in total. The molecule has 0 spiro atoms. The summed E-state index contributed by atoms with van der Waals surface area (Å²) in [7, 11) is 1.55. The van der Waals surface area contributed by atoms with Crippen LogP contribution in [0.25, 0.3) is 0 Å². The van der Waals surface area contributed by atoms with E-state index < -0.39 is 20.0 Å². The highest BCUT2D eigenvalue weighted by atomic mass is 31.2. The number of hydrogen-bond donors (Lipinski definition) is 3. The summed E-state index contributed by atoms with van der Waals surface area (Å²) in [6.45, 7) is 4.55. The molecule has 0 rings (SSSR count). The minimum Gasteiger partial charge on any atom is -0.387 e. The molecular weight excluding hydrogens is 912 g/mol. The van der Waals surface area contributed by atoms with Gasteiger partial charge in [0.2, 0.25) is 5.91 Å². The van der Waals surface area contributed by atoms with E-state index in [9.17, 15) is 19.4 Å². The number of amides is 1. The van der Waals surface area contributed by atoms with Crippen molar-refractivity contribution in [3.05, 3.63) is 60.8 Å². The highest BCUT2D eigenvalue weighted by Gasteiger charge is 2.27. The number of rotatable bonds is 56. The number of quaternary nitrogens is 1. The van der Waals surface area contributed by atoms with Crippen molar-refractivity contribution in [3.8, 4) is 0 Å². The predicted octanol–water partition coefficient (Wildman–Crippen LogP) is 18.9. The monoisotopic (exact) mass is 1030 g/mol. The van der Waals surface area contributed by atoms with E-state index in [1.54, 1.807) is 6.08 Å². The SMILES string of the molecule is C/C=C/CC/C=C/CC/C=C/C(O)C(COP(=O)(O)OCC[N+](C)(C)C)NC(=O)CCCCCCCCCCCCCCCCCCCCCCCCCCCCCCC/C=C\C/C=C\CCCCCCC. The Kier molecular flexibility index (Phi) is 52.7. The van der Waals surface area contributed by atoms with Gasteiger partial charge < -0.3 is 19.8 Å². The molecule has 3 atom stereocenters. The van der Waals surface area contributed by atoms with Gasteiger partial charge in [0.15, 0.2) is 0 Å². The first kappa shape index (κ1) is 70.2. The zero-order chi connectivity index (χ0) is 52.7. The smallest absolute Gasteiger partial charge is 0.387 e. The lowest BCUT2D eigenvalue weighted by molar-refractivity contribution is -0.870. The Balaban J connectivity index is 3.76. The van der Waals surface area contributed by atoms with E-state index in [-0.39, 0.29) is 19.1 Å². The van der Waals surface area contributed by atoms with Crippen LogP contribution in [0.3, 0.4) is 0 Å². The van der Waals surface area contributed by atoms with E-state index >= 15 is 0 Å². The van der Waals surface area contributed by atoms with Crippen molar-refractivity contribution in [3.63, 3.8) is 0 Å². The maximum atomic E-state index is 12.9. The lowest BCUT2D eigenvalue weighted by Crippen LogP contribution is -2.45. The van der Waals surface area contributed by atoms with Gasteiger partial charge in [-0.1, -0.05) is 267 Å². The summed E-state index contributed by atoms with van der Waals surface area (Å²) in [4.78, 5) is 23.2. The molecular formula is C63H120N2O6P+. The van der Waals surface area contributed by atoms with Gasteiger partial charge in [-0.25, -0.2) is 4.57 Å². The van der Waals surface area contributed by atoms with Gasteiger partial charge in [0.25, 0.3) is 0 Å². The van der Waals surface area contributed by atoms with Gasteiger partial charge in [0.05, 0.1) is 39.9 Å². The van der Waals surface area contributed by atoms with Gasteiger partial charge in [0.1, 0.15) is 13.2 Å². The van der Waals surface area contributed by atoms with Crippen LogP contribution in [0, 0.1) is 0 Å². The van der Waals surface area contributed by atoms with Crippen LogP contribution < -0.4 is 5.32 Å². The van der Waals surface area contributed by atoms with Crippen LogP contribution in [0.2, 0.25) is 0 Å². The molecule has 422 valence electrons. The minimum absolute atomic E-state index is 0.0532.